The van der Waals surface area contributed by atoms with Gasteiger partial charge in [0.05, 0.1) is 12.3 Å². The minimum Gasteiger partial charge on any atom is -0.490 e. The summed E-state index contributed by atoms with van der Waals surface area (Å²) >= 11 is 0. The lowest BCUT2D eigenvalue weighted by molar-refractivity contribution is -0.118. The Bertz CT molecular complexity index is 972. The van der Waals surface area contributed by atoms with Gasteiger partial charge in [-0.1, -0.05) is 30.3 Å². The molecule has 148 valence electrons. The molecular weight excluding hydrogens is 370 g/mol. The molecule has 6 nitrogen and oxygen atoms in total. The lowest BCUT2D eigenvalue weighted by Crippen LogP contribution is -2.20. The van der Waals surface area contributed by atoms with Crippen molar-refractivity contribution < 1.29 is 23.8 Å². The molecule has 0 fully saturated rings. The number of anilines is 1. The molecular formula is C23H21NO5. The molecule has 6 heteroatoms. The van der Waals surface area contributed by atoms with Crippen LogP contribution in [0.5, 0.6) is 23.0 Å². The van der Waals surface area contributed by atoms with E-state index in [9.17, 15) is 9.59 Å². The Balaban J connectivity index is 1.65. The van der Waals surface area contributed by atoms with Gasteiger partial charge in [0.15, 0.2) is 23.9 Å². The summed E-state index contributed by atoms with van der Waals surface area (Å²) in [6.07, 6.45) is 0.725. The highest BCUT2D eigenvalue weighted by molar-refractivity contribution is 5.93. The Morgan fingerprint density at radius 3 is 2.41 bits per heavy atom. The van der Waals surface area contributed by atoms with Crippen LogP contribution in [0.25, 0.3) is 0 Å². The maximum absolute atomic E-state index is 12.4. The van der Waals surface area contributed by atoms with Gasteiger partial charge in [-0.2, -0.15) is 0 Å². The van der Waals surface area contributed by atoms with E-state index in [-0.39, 0.29) is 12.5 Å². The van der Waals surface area contributed by atoms with E-state index in [0.717, 1.165) is 6.29 Å². The van der Waals surface area contributed by atoms with Crippen molar-refractivity contribution in [2.45, 2.75) is 6.92 Å². The second-order valence-corrected chi connectivity index (χ2v) is 6.01. The van der Waals surface area contributed by atoms with Crippen molar-refractivity contribution in [2.24, 2.45) is 0 Å². The minimum absolute atomic E-state index is 0.222. The number of aldehydes is 1. The van der Waals surface area contributed by atoms with E-state index in [1.165, 1.54) is 0 Å². The summed E-state index contributed by atoms with van der Waals surface area (Å²) in [5.41, 5.74) is 1.00. The molecule has 0 heterocycles. The number of benzene rings is 3. The zero-order valence-electron chi connectivity index (χ0n) is 16.0. The van der Waals surface area contributed by atoms with Crippen LogP contribution in [0, 0.1) is 0 Å². The van der Waals surface area contributed by atoms with Crippen molar-refractivity contribution in [3.8, 4) is 23.0 Å². The molecule has 1 amide bonds. The third-order valence-corrected chi connectivity index (χ3v) is 3.89. The number of carbonyl (C=O) groups is 2. The fourth-order valence-electron chi connectivity index (χ4n) is 2.59. The molecule has 0 bridgehead atoms. The van der Waals surface area contributed by atoms with Crippen LogP contribution in [0.4, 0.5) is 5.69 Å². The van der Waals surface area contributed by atoms with Crippen molar-refractivity contribution in [3.63, 3.8) is 0 Å². The first-order chi connectivity index (χ1) is 14.2. The monoisotopic (exact) mass is 391 g/mol. The first-order valence-electron chi connectivity index (χ1n) is 9.16. The molecule has 0 saturated heterocycles. The number of rotatable bonds is 9. The van der Waals surface area contributed by atoms with E-state index < -0.39 is 0 Å². The zero-order chi connectivity index (χ0) is 20.5. The molecule has 29 heavy (non-hydrogen) atoms. The average Bonchev–Trinajstić information content (AvgIpc) is 2.75. The van der Waals surface area contributed by atoms with E-state index in [4.69, 9.17) is 14.2 Å². The number of hydrogen-bond acceptors (Lipinski definition) is 5. The summed E-state index contributed by atoms with van der Waals surface area (Å²) < 4.78 is 16.9. The lowest BCUT2D eigenvalue weighted by atomic mass is 10.2. The summed E-state index contributed by atoms with van der Waals surface area (Å²) in [6.45, 7) is 2.02. The quantitative estimate of drug-likeness (QED) is 0.535. The van der Waals surface area contributed by atoms with Crippen LogP contribution in [0.2, 0.25) is 0 Å². The summed E-state index contributed by atoms with van der Waals surface area (Å²) in [5.74, 6) is 1.65. The second kappa shape index (κ2) is 9.94. The number of amides is 1. The molecule has 3 aromatic rings. The van der Waals surface area contributed by atoms with Crippen molar-refractivity contribution >= 4 is 17.9 Å². The topological polar surface area (TPSA) is 73.9 Å². The van der Waals surface area contributed by atoms with Crippen molar-refractivity contribution in [1.82, 2.24) is 0 Å². The van der Waals surface area contributed by atoms with Crippen LogP contribution in [0.15, 0.2) is 72.8 Å². The Morgan fingerprint density at radius 2 is 1.66 bits per heavy atom. The number of hydrogen-bond donors (Lipinski definition) is 1. The molecule has 0 atom stereocenters. The highest BCUT2D eigenvalue weighted by Crippen LogP contribution is 2.30. The first-order valence-corrected chi connectivity index (χ1v) is 9.16. The first kappa shape index (κ1) is 19.9. The highest BCUT2D eigenvalue weighted by atomic mass is 16.5. The van der Waals surface area contributed by atoms with E-state index in [1.54, 1.807) is 36.4 Å². The van der Waals surface area contributed by atoms with E-state index in [0.29, 0.717) is 40.9 Å². The van der Waals surface area contributed by atoms with Gasteiger partial charge < -0.3 is 19.5 Å². The molecule has 0 radical (unpaired) electrons. The van der Waals surface area contributed by atoms with Gasteiger partial charge in [-0.15, -0.1) is 0 Å². The Morgan fingerprint density at radius 1 is 0.897 bits per heavy atom. The van der Waals surface area contributed by atoms with Crippen LogP contribution in [-0.4, -0.2) is 25.4 Å². The Hall–Kier alpha value is -3.80. The summed E-state index contributed by atoms with van der Waals surface area (Å²) in [4.78, 5) is 23.3. The van der Waals surface area contributed by atoms with Crippen LogP contribution < -0.4 is 19.5 Å². The number of carbonyl (C=O) groups excluding carboxylic acids is 2. The van der Waals surface area contributed by atoms with E-state index in [1.807, 2.05) is 43.3 Å². The predicted molar refractivity (Wildman–Crippen MR) is 110 cm³/mol. The maximum Gasteiger partial charge on any atom is 0.262 e. The van der Waals surface area contributed by atoms with Gasteiger partial charge >= 0.3 is 0 Å². The number of nitrogens with one attached hydrogen (secondary N) is 1. The largest absolute Gasteiger partial charge is 0.490 e. The summed E-state index contributed by atoms with van der Waals surface area (Å²) in [6, 6.07) is 21.2. The lowest BCUT2D eigenvalue weighted by Gasteiger charge is -2.14. The fraction of sp³-hybridized carbons (Fsp3) is 0.130. The molecule has 0 aliphatic heterocycles. The van der Waals surface area contributed by atoms with Crippen molar-refractivity contribution in [3.05, 3.63) is 78.4 Å². The number of ether oxygens (including phenoxy) is 3. The van der Waals surface area contributed by atoms with Gasteiger partial charge in [0, 0.05) is 5.56 Å². The number of para-hydroxylation sites is 3. The van der Waals surface area contributed by atoms with E-state index in [2.05, 4.69) is 5.32 Å². The van der Waals surface area contributed by atoms with E-state index >= 15 is 0 Å². The predicted octanol–water partition coefficient (Wildman–Crippen LogP) is 4.71. The minimum atomic E-state index is -0.351. The van der Waals surface area contributed by atoms with Gasteiger partial charge in [0.25, 0.3) is 5.91 Å². The zero-order valence-corrected chi connectivity index (χ0v) is 16.0. The maximum atomic E-state index is 12.4. The molecule has 0 aliphatic carbocycles. The summed E-state index contributed by atoms with van der Waals surface area (Å²) in [5, 5.41) is 2.79. The average molecular weight is 391 g/mol. The van der Waals surface area contributed by atoms with Crippen LogP contribution in [-0.2, 0) is 4.79 Å². The molecule has 3 rings (SSSR count). The van der Waals surface area contributed by atoms with Crippen LogP contribution >= 0.6 is 0 Å². The van der Waals surface area contributed by atoms with Crippen molar-refractivity contribution in [1.29, 1.82) is 0 Å². The van der Waals surface area contributed by atoms with Crippen molar-refractivity contribution in [2.75, 3.05) is 18.5 Å². The Kier molecular flexibility index (Phi) is 6.84. The second-order valence-electron chi connectivity index (χ2n) is 6.01. The standard InChI is InChI=1S/C23H21NO5/c1-2-27-22-14-17(15-25)12-13-21(22)28-16-23(26)24-19-10-6-7-11-20(19)29-18-8-4-3-5-9-18/h3-15H,2,16H2,1H3,(H,24,26). The van der Waals surface area contributed by atoms with Gasteiger partial charge in [-0.25, -0.2) is 0 Å². The molecule has 0 spiro atoms. The molecule has 1 N–H and O–H groups in total. The third kappa shape index (κ3) is 5.59. The van der Waals surface area contributed by atoms with Gasteiger partial charge in [-0.3, -0.25) is 9.59 Å². The van der Waals surface area contributed by atoms with Gasteiger partial charge in [0.1, 0.15) is 12.0 Å². The normalized spacial score (nSPS) is 10.1. The van der Waals surface area contributed by atoms with Gasteiger partial charge in [-0.05, 0) is 49.4 Å². The smallest absolute Gasteiger partial charge is 0.262 e. The van der Waals surface area contributed by atoms with Crippen LogP contribution in [0.1, 0.15) is 17.3 Å². The third-order valence-electron chi connectivity index (χ3n) is 3.89. The molecule has 0 aliphatic rings. The molecule has 0 saturated carbocycles. The van der Waals surface area contributed by atoms with Crippen LogP contribution in [0.3, 0.4) is 0 Å². The molecule has 0 aromatic heterocycles. The fourth-order valence-corrected chi connectivity index (χ4v) is 2.59. The summed E-state index contributed by atoms with van der Waals surface area (Å²) in [7, 11) is 0. The Labute approximate surface area is 169 Å². The van der Waals surface area contributed by atoms with Gasteiger partial charge in [0.2, 0.25) is 0 Å². The SMILES string of the molecule is CCOc1cc(C=O)ccc1OCC(=O)Nc1ccccc1Oc1ccccc1. The molecule has 0 unspecified atom stereocenters. The molecule has 3 aromatic carbocycles. The highest BCUT2D eigenvalue weighted by Gasteiger charge is 2.12.